The molecule has 0 aliphatic carbocycles. The molecule has 1 atom stereocenters. The number of anilines is 3. The molecule has 1 aromatic carbocycles. The number of nitrogens with zero attached hydrogens (tertiary/aromatic N) is 4. The molecule has 0 saturated carbocycles. The van der Waals surface area contributed by atoms with Gasteiger partial charge in [-0.1, -0.05) is 35.1 Å². The fourth-order valence-corrected chi connectivity index (χ4v) is 6.15. The second kappa shape index (κ2) is 12.2. The molecule has 1 saturated heterocycles. The number of thiazole rings is 1. The van der Waals surface area contributed by atoms with Crippen molar-refractivity contribution in [3.8, 4) is 21.8 Å². The molecule has 0 radical (unpaired) electrons. The summed E-state index contributed by atoms with van der Waals surface area (Å²) < 4.78 is 70.1. The molecule has 16 heteroatoms. The summed E-state index contributed by atoms with van der Waals surface area (Å²) in [6, 6.07) is 6.24. The van der Waals surface area contributed by atoms with Crippen molar-refractivity contribution in [2.45, 2.75) is 25.6 Å². The Hall–Kier alpha value is -2.72. The summed E-state index contributed by atoms with van der Waals surface area (Å²) in [5.74, 6) is -0.846. The number of morpholine rings is 1. The number of sulfonamides is 1. The standard InChI is InChI=1S/C23H26ClF3N6O4S2/c1-14(34)13-29-21-28-7-5-17(30-21)20-19(31-22(38-20)33-8-10-37-11-9-33)15-3-2-4-16(18(15)24)32-39(35,36)12-6-23(25,26)27/h2-5,7,14,32,34H,6,8-13H2,1H3,(H,28,29,30). The molecule has 10 nitrogen and oxygen atoms in total. The Morgan fingerprint density at radius 3 is 2.67 bits per heavy atom. The van der Waals surface area contributed by atoms with Crippen LogP contribution in [0.5, 0.6) is 0 Å². The topological polar surface area (TPSA) is 130 Å². The van der Waals surface area contributed by atoms with Crippen molar-refractivity contribution in [1.29, 1.82) is 0 Å². The van der Waals surface area contributed by atoms with Crippen LogP contribution in [0.2, 0.25) is 5.02 Å². The zero-order valence-corrected chi connectivity index (χ0v) is 23.1. The monoisotopic (exact) mass is 606 g/mol. The van der Waals surface area contributed by atoms with E-state index >= 15 is 0 Å². The van der Waals surface area contributed by atoms with Crippen molar-refractivity contribution >= 4 is 49.7 Å². The van der Waals surface area contributed by atoms with E-state index in [1.54, 1.807) is 25.3 Å². The molecule has 2 aromatic heterocycles. The maximum atomic E-state index is 12.6. The summed E-state index contributed by atoms with van der Waals surface area (Å²) in [7, 11) is -4.33. The highest BCUT2D eigenvalue weighted by Gasteiger charge is 2.30. The first-order valence-electron chi connectivity index (χ1n) is 11.9. The molecule has 3 heterocycles. The average Bonchev–Trinajstić information content (AvgIpc) is 3.33. The minimum absolute atomic E-state index is 0.0188. The number of hydrogen-bond acceptors (Lipinski definition) is 10. The number of benzene rings is 1. The van der Waals surface area contributed by atoms with Crippen LogP contribution < -0.4 is 14.9 Å². The summed E-state index contributed by atoms with van der Waals surface area (Å²) in [4.78, 5) is 16.2. The Bertz CT molecular complexity index is 1400. The molecule has 0 bridgehead atoms. The van der Waals surface area contributed by atoms with E-state index in [1.807, 2.05) is 4.90 Å². The number of ether oxygens (including phenoxy) is 1. The lowest BCUT2D eigenvalue weighted by Crippen LogP contribution is -2.36. The molecule has 0 amide bonds. The van der Waals surface area contributed by atoms with Gasteiger partial charge in [-0.2, -0.15) is 13.2 Å². The van der Waals surface area contributed by atoms with Crippen LogP contribution >= 0.6 is 22.9 Å². The van der Waals surface area contributed by atoms with Crippen LogP contribution in [0.4, 0.5) is 29.9 Å². The Balaban J connectivity index is 1.73. The molecule has 1 unspecified atom stereocenters. The van der Waals surface area contributed by atoms with E-state index < -0.39 is 34.5 Å². The van der Waals surface area contributed by atoms with Crippen molar-refractivity contribution in [2.75, 3.05) is 53.5 Å². The van der Waals surface area contributed by atoms with Gasteiger partial charge >= 0.3 is 6.18 Å². The van der Waals surface area contributed by atoms with Gasteiger partial charge in [0, 0.05) is 31.4 Å². The van der Waals surface area contributed by atoms with Crippen LogP contribution in [0.3, 0.4) is 0 Å². The average molecular weight is 607 g/mol. The fraction of sp³-hybridized carbons (Fsp3) is 0.435. The fourth-order valence-electron chi connectivity index (χ4n) is 3.63. The maximum absolute atomic E-state index is 12.6. The minimum Gasteiger partial charge on any atom is -0.392 e. The molecule has 1 fully saturated rings. The predicted octanol–water partition coefficient (Wildman–Crippen LogP) is 4.24. The summed E-state index contributed by atoms with van der Waals surface area (Å²) in [5.41, 5.74) is 1.24. The Kier molecular flexibility index (Phi) is 9.16. The van der Waals surface area contributed by atoms with Gasteiger partial charge < -0.3 is 20.1 Å². The van der Waals surface area contributed by atoms with Crippen LogP contribution in [0, 0.1) is 0 Å². The lowest BCUT2D eigenvalue weighted by Gasteiger charge is -2.26. The number of halogens is 4. The highest BCUT2D eigenvalue weighted by atomic mass is 35.5. The Labute approximate surface area is 232 Å². The predicted molar refractivity (Wildman–Crippen MR) is 145 cm³/mol. The maximum Gasteiger partial charge on any atom is 0.390 e. The van der Waals surface area contributed by atoms with E-state index in [2.05, 4.69) is 20.0 Å². The third kappa shape index (κ3) is 7.91. The largest absolute Gasteiger partial charge is 0.392 e. The molecule has 212 valence electrons. The molecule has 0 spiro atoms. The van der Waals surface area contributed by atoms with Gasteiger partial charge in [0.15, 0.2) is 5.13 Å². The van der Waals surface area contributed by atoms with Gasteiger partial charge in [-0.25, -0.2) is 23.4 Å². The molecule has 3 N–H and O–H groups in total. The molecule has 4 rings (SSSR count). The third-order valence-corrected chi connectivity index (χ3v) is 8.33. The zero-order valence-electron chi connectivity index (χ0n) is 20.7. The van der Waals surface area contributed by atoms with Crippen molar-refractivity contribution in [3.05, 3.63) is 35.5 Å². The van der Waals surface area contributed by atoms with Gasteiger partial charge in [0.05, 0.1) is 58.5 Å². The summed E-state index contributed by atoms with van der Waals surface area (Å²) in [6.07, 6.45) is -5.17. The number of aliphatic hydroxyl groups is 1. The normalized spacial score (nSPS) is 15.3. The van der Waals surface area contributed by atoms with Crippen LogP contribution in [-0.4, -0.2) is 79.4 Å². The number of alkyl halides is 3. The first-order valence-corrected chi connectivity index (χ1v) is 14.7. The summed E-state index contributed by atoms with van der Waals surface area (Å²) in [5, 5.41) is 13.2. The second-order valence-corrected chi connectivity index (χ2v) is 11.9. The smallest absolute Gasteiger partial charge is 0.390 e. The van der Waals surface area contributed by atoms with Crippen molar-refractivity contribution in [1.82, 2.24) is 15.0 Å². The first-order chi connectivity index (χ1) is 18.4. The van der Waals surface area contributed by atoms with Crippen LogP contribution in [-0.2, 0) is 14.8 Å². The second-order valence-electron chi connectivity index (χ2n) is 8.72. The lowest BCUT2D eigenvalue weighted by molar-refractivity contribution is -0.129. The van der Waals surface area contributed by atoms with Gasteiger partial charge in [-0.3, -0.25) is 4.72 Å². The highest BCUT2D eigenvalue weighted by molar-refractivity contribution is 7.92. The van der Waals surface area contributed by atoms with Crippen LogP contribution in [0.15, 0.2) is 30.5 Å². The Morgan fingerprint density at radius 1 is 1.23 bits per heavy atom. The molecule has 1 aliphatic rings. The van der Waals surface area contributed by atoms with Crippen LogP contribution in [0.1, 0.15) is 13.3 Å². The SMILES string of the molecule is CC(O)CNc1nccc(-c2sc(N3CCOCC3)nc2-c2cccc(NS(=O)(=O)CCC(F)(F)F)c2Cl)n1. The number of aliphatic hydroxyl groups excluding tert-OH is 1. The molecule has 1 aliphatic heterocycles. The molecule has 39 heavy (non-hydrogen) atoms. The van der Waals surface area contributed by atoms with Crippen molar-refractivity contribution < 1.29 is 31.4 Å². The van der Waals surface area contributed by atoms with E-state index in [9.17, 15) is 26.7 Å². The molecular formula is C23H26ClF3N6O4S2. The van der Waals surface area contributed by atoms with Gasteiger partial charge in [-0.15, -0.1) is 0 Å². The van der Waals surface area contributed by atoms with Crippen LogP contribution in [0.25, 0.3) is 21.8 Å². The molecular weight excluding hydrogens is 581 g/mol. The molecule has 3 aromatic rings. The number of nitrogens with one attached hydrogen (secondary N) is 2. The zero-order chi connectivity index (χ0) is 28.2. The highest BCUT2D eigenvalue weighted by Crippen LogP contribution is 2.44. The first kappa shape index (κ1) is 29.3. The van der Waals surface area contributed by atoms with E-state index in [-0.39, 0.29) is 23.2 Å². The van der Waals surface area contributed by atoms with E-state index in [0.29, 0.717) is 53.3 Å². The summed E-state index contributed by atoms with van der Waals surface area (Å²) >= 11 is 7.97. The number of hydrogen-bond donors (Lipinski definition) is 3. The van der Waals surface area contributed by atoms with Crippen molar-refractivity contribution in [2.24, 2.45) is 0 Å². The number of aromatic nitrogens is 3. The lowest BCUT2D eigenvalue weighted by atomic mass is 10.1. The van der Waals surface area contributed by atoms with Gasteiger partial charge in [0.1, 0.15) is 0 Å². The van der Waals surface area contributed by atoms with E-state index in [4.69, 9.17) is 21.3 Å². The van der Waals surface area contributed by atoms with Gasteiger partial charge in [0.25, 0.3) is 0 Å². The number of rotatable bonds is 10. The quantitative estimate of drug-likeness (QED) is 0.310. The summed E-state index contributed by atoms with van der Waals surface area (Å²) in [6.45, 7) is 4.15. The van der Waals surface area contributed by atoms with Crippen molar-refractivity contribution in [3.63, 3.8) is 0 Å². The minimum atomic E-state index is -4.62. The van der Waals surface area contributed by atoms with Gasteiger partial charge in [0.2, 0.25) is 16.0 Å². The third-order valence-electron chi connectivity index (χ3n) is 5.51. The van der Waals surface area contributed by atoms with E-state index in [1.165, 1.54) is 23.5 Å². The van der Waals surface area contributed by atoms with Gasteiger partial charge in [-0.05, 0) is 19.1 Å². The van der Waals surface area contributed by atoms with E-state index in [0.717, 1.165) is 0 Å². The Morgan fingerprint density at radius 2 is 1.97 bits per heavy atom.